The molecule has 0 fully saturated rings. The maximum absolute atomic E-state index is 11.6. The van der Waals surface area contributed by atoms with Crippen LogP contribution in [-0.4, -0.2) is 16.6 Å². The maximum atomic E-state index is 11.6. The number of rotatable bonds is 2. The van der Waals surface area contributed by atoms with Gasteiger partial charge >= 0.3 is 6.03 Å². The van der Waals surface area contributed by atoms with Crippen LogP contribution in [0.3, 0.4) is 0 Å². The average Bonchev–Trinajstić information content (AvgIpc) is 2.55. The lowest BCUT2D eigenvalue weighted by Crippen LogP contribution is -2.34. The van der Waals surface area contributed by atoms with Gasteiger partial charge in [0.05, 0.1) is 5.69 Å². The molecule has 0 bridgehead atoms. The molecule has 0 saturated carbocycles. The van der Waals surface area contributed by atoms with E-state index in [-0.39, 0.29) is 12.1 Å². The van der Waals surface area contributed by atoms with Crippen molar-refractivity contribution < 1.29 is 4.79 Å². The van der Waals surface area contributed by atoms with Crippen LogP contribution in [0.2, 0.25) is 0 Å². The Morgan fingerprint density at radius 2 is 2.00 bits per heavy atom. The van der Waals surface area contributed by atoms with Gasteiger partial charge in [-0.1, -0.05) is 18.2 Å². The third kappa shape index (κ3) is 2.41. The molecule has 1 heterocycles. The van der Waals surface area contributed by atoms with Crippen LogP contribution in [0.5, 0.6) is 0 Å². The number of urea groups is 1. The first kappa shape index (κ1) is 11.5. The van der Waals surface area contributed by atoms with Gasteiger partial charge in [-0.15, -0.1) is 0 Å². The Labute approximate surface area is 101 Å². The van der Waals surface area contributed by atoms with Gasteiger partial charge in [0.1, 0.15) is 0 Å². The average molecular weight is 231 g/mol. The molecule has 2 amide bonds. The second kappa shape index (κ2) is 4.49. The van der Waals surface area contributed by atoms with Gasteiger partial charge in [-0.3, -0.25) is 0 Å². The quantitative estimate of drug-likeness (QED) is 0.820. The number of hydrogen-bond donors (Lipinski definition) is 2. The zero-order valence-corrected chi connectivity index (χ0v) is 10.3. The van der Waals surface area contributed by atoms with Gasteiger partial charge in [0.25, 0.3) is 0 Å². The number of aryl methyl sites for hydroxylation is 1. The molecule has 90 valence electrons. The van der Waals surface area contributed by atoms with Gasteiger partial charge in [0.15, 0.2) is 0 Å². The Morgan fingerprint density at radius 3 is 2.71 bits per heavy atom. The first-order valence-electron chi connectivity index (χ1n) is 5.69. The molecule has 2 rings (SSSR count). The van der Waals surface area contributed by atoms with Crippen molar-refractivity contribution in [3.63, 3.8) is 0 Å². The molecular formula is C13H17N3O. The summed E-state index contributed by atoms with van der Waals surface area (Å²) in [7, 11) is 1.97. The van der Waals surface area contributed by atoms with Gasteiger partial charge in [-0.2, -0.15) is 0 Å². The molecule has 1 aromatic carbocycles. The summed E-state index contributed by atoms with van der Waals surface area (Å²) in [6, 6.07) is 7.94. The summed E-state index contributed by atoms with van der Waals surface area (Å²) in [5.41, 5.74) is 1.94. The van der Waals surface area contributed by atoms with Gasteiger partial charge in [0, 0.05) is 30.2 Å². The third-order valence-corrected chi connectivity index (χ3v) is 2.56. The Bertz CT molecular complexity index is 543. The Balaban J connectivity index is 2.27. The number of carbonyl (C=O) groups excluding carboxylic acids is 1. The molecule has 0 spiro atoms. The lowest BCUT2D eigenvalue weighted by molar-refractivity contribution is 0.250. The zero-order chi connectivity index (χ0) is 12.4. The van der Waals surface area contributed by atoms with Crippen molar-refractivity contribution in [1.82, 2.24) is 9.88 Å². The summed E-state index contributed by atoms with van der Waals surface area (Å²) in [5, 5.41) is 6.72. The minimum atomic E-state index is -0.170. The van der Waals surface area contributed by atoms with Crippen LogP contribution < -0.4 is 10.6 Å². The van der Waals surface area contributed by atoms with E-state index < -0.39 is 0 Å². The van der Waals surface area contributed by atoms with Crippen molar-refractivity contribution >= 4 is 22.6 Å². The second-order valence-corrected chi connectivity index (χ2v) is 4.42. The molecule has 4 heteroatoms. The maximum Gasteiger partial charge on any atom is 0.319 e. The van der Waals surface area contributed by atoms with Crippen LogP contribution in [0.4, 0.5) is 10.5 Å². The molecule has 0 aliphatic heterocycles. The number of nitrogens with one attached hydrogen (secondary N) is 2. The normalized spacial score (nSPS) is 10.8. The van der Waals surface area contributed by atoms with Crippen LogP contribution >= 0.6 is 0 Å². The number of hydrogen-bond acceptors (Lipinski definition) is 1. The molecule has 17 heavy (non-hydrogen) atoms. The van der Waals surface area contributed by atoms with E-state index in [1.54, 1.807) is 0 Å². The van der Waals surface area contributed by atoms with E-state index in [0.717, 1.165) is 16.6 Å². The summed E-state index contributed by atoms with van der Waals surface area (Å²) in [6.07, 6.45) is 1.92. The first-order valence-corrected chi connectivity index (χ1v) is 5.69. The molecule has 0 aliphatic carbocycles. The Hall–Kier alpha value is -1.97. The minimum absolute atomic E-state index is 0.130. The topological polar surface area (TPSA) is 46.1 Å². The second-order valence-electron chi connectivity index (χ2n) is 4.42. The minimum Gasteiger partial charge on any atom is -0.348 e. The Kier molecular flexibility index (Phi) is 3.04. The summed E-state index contributed by atoms with van der Waals surface area (Å²) < 4.78 is 2.00. The van der Waals surface area contributed by atoms with E-state index in [9.17, 15) is 4.79 Å². The molecule has 2 aromatic rings. The van der Waals surface area contributed by atoms with Gasteiger partial charge in [-0.25, -0.2) is 4.79 Å². The van der Waals surface area contributed by atoms with E-state index in [1.807, 2.05) is 55.9 Å². The molecular weight excluding hydrogens is 214 g/mol. The van der Waals surface area contributed by atoms with Crippen LogP contribution in [0.1, 0.15) is 13.8 Å². The number of para-hydroxylation sites is 1. The van der Waals surface area contributed by atoms with Crippen molar-refractivity contribution in [1.29, 1.82) is 0 Å². The standard InChI is InChI=1S/C13H17N3O/c1-9(2)14-13(17)15-11-8-16(3)12-7-5-4-6-10(11)12/h4-9H,1-3H3,(H2,14,15,17). The molecule has 0 aliphatic rings. The van der Waals surface area contributed by atoms with Crippen LogP contribution in [0.25, 0.3) is 10.9 Å². The van der Waals surface area contributed by atoms with E-state index in [2.05, 4.69) is 10.6 Å². The highest BCUT2D eigenvalue weighted by Crippen LogP contribution is 2.24. The highest BCUT2D eigenvalue weighted by molar-refractivity contribution is 6.01. The van der Waals surface area contributed by atoms with E-state index in [4.69, 9.17) is 0 Å². The number of benzene rings is 1. The molecule has 2 N–H and O–H groups in total. The highest BCUT2D eigenvalue weighted by Gasteiger charge is 2.09. The SMILES string of the molecule is CC(C)NC(=O)Nc1cn(C)c2ccccc12. The van der Waals surface area contributed by atoms with Crippen molar-refractivity contribution in [2.75, 3.05) is 5.32 Å². The molecule has 1 aromatic heterocycles. The van der Waals surface area contributed by atoms with Gasteiger partial charge < -0.3 is 15.2 Å². The van der Waals surface area contributed by atoms with Crippen LogP contribution in [0, 0.1) is 0 Å². The monoisotopic (exact) mass is 231 g/mol. The number of fused-ring (bicyclic) bond motifs is 1. The third-order valence-electron chi connectivity index (χ3n) is 2.56. The van der Waals surface area contributed by atoms with E-state index >= 15 is 0 Å². The van der Waals surface area contributed by atoms with Crippen molar-refractivity contribution in [3.05, 3.63) is 30.5 Å². The van der Waals surface area contributed by atoms with Crippen molar-refractivity contribution in [3.8, 4) is 0 Å². The fraction of sp³-hybridized carbons (Fsp3) is 0.308. The lowest BCUT2D eigenvalue weighted by Gasteiger charge is -2.09. The van der Waals surface area contributed by atoms with Crippen molar-refractivity contribution in [2.45, 2.75) is 19.9 Å². The van der Waals surface area contributed by atoms with E-state index in [1.165, 1.54) is 0 Å². The van der Waals surface area contributed by atoms with Gasteiger partial charge in [-0.05, 0) is 19.9 Å². The molecule has 0 atom stereocenters. The van der Waals surface area contributed by atoms with Crippen LogP contribution in [-0.2, 0) is 7.05 Å². The smallest absolute Gasteiger partial charge is 0.319 e. The first-order chi connectivity index (χ1) is 8.08. The lowest BCUT2D eigenvalue weighted by atomic mass is 10.2. The number of carbonyl (C=O) groups is 1. The summed E-state index contributed by atoms with van der Waals surface area (Å²) in [4.78, 5) is 11.6. The summed E-state index contributed by atoms with van der Waals surface area (Å²) >= 11 is 0. The van der Waals surface area contributed by atoms with Gasteiger partial charge in [0.2, 0.25) is 0 Å². The predicted octanol–water partition coefficient (Wildman–Crippen LogP) is 2.71. The van der Waals surface area contributed by atoms with E-state index in [0.29, 0.717) is 0 Å². The number of anilines is 1. The number of nitrogens with zero attached hydrogens (tertiary/aromatic N) is 1. The fourth-order valence-electron chi connectivity index (χ4n) is 1.86. The Morgan fingerprint density at radius 1 is 1.29 bits per heavy atom. The highest BCUT2D eigenvalue weighted by atomic mass is 16.2. The molecule has 0 saturated heterocycles. The summed E-state index contributed by atoms with van der Waals surface area (Å²) in [5.74, 6) is 0. The van der Waals surface area contributed by atoms with Crippen molar-refractivity contribution in [2.24, 2.45) is 7.05 Å². The molecule has 0 unspecified atom stereocenters. The zero-order valence-electron chi connectivity index (χ0n) is 10.3. The molecule has 0 radical (unpaired) electrons. The molecule has 4 nitrogen and oxygen atoms in total. The van der Waals surface area contributed by atoms with Crippen LogP contribution in [0.15, 0.2) is 30.5 Å². The number of aromatic nitrogens is 1. The summed E-state index contributed by atoms with van der Waals surface area (Å²) in [6.45, 7) is 3.87. The largest absolute Gasteiger partial charge is 0.348 e. The predicted molar refractivity (Wildman–Crippen MR) is 70.2 cm³/mol. The number of amides is 2. The fourth-order valence-corrected chi connectivity index (χ4v) is 1.86.